The van der Waals surface area contributed by atoms with E-state index in [1.807, 2.05) is 20.8 Å². The van der Waals surface area contributed by atoms with Gasteiger partial charge in [-0.15, -0.1) is 0 Å². The smallest absolute Gasteiger partial charge is 0.261 e. The van der Waals surface area contributed by atoms with Crippen molar-refractivity contribution in [1.82, 2.24) is 5.32 Å². The minimum atomic E-state index is -0.416. The highest BCUT2D eigenvalue weighted by Crippen LogP contribution is 2.26. The number of rotatable bonds is 8. The van der Waals surface area contributed by atoms with Crippen molar-refractivity contribution >= 4 is 68.1 Å². The molecule has 31 heavy (non-hydrogen) atoms. The second-order valence-electron chi connectivity index (χ2n) is 7.25. The second-order valence-corrected chi connectivity index (χ2v) is 8.98. The van der Waals surface area contributed by atoms with Gasteiger partial charge in [0, 0.05) is 16.6 Å². The molecule has 2 rings (SSSR count). The summed E-state index contributed by atoms with van der Waals surface area (Å²) in [5, 5.41) is 8.81. The van der Waals surface area contributed by atoms with Gasteiger partial charge in [-0.2, -0.15) is 0 Å². The first-order valence-corrected chi connectivity index (χ1v) is 11.4. The summed E-state index contributed by atoms with van der Waals surface area (Å²) in [6, 6.07) is 10.2. The molecule has 0 aliphatic carbocycles. The van der Waals surface area contributed by atoms with Gasteiger partial charge in [-0.1, -0.05) is 48.3 Å². The fraction of sp³-hybridized carbons (Fsp3) is 0.318. The van der Waals surface area contributed by atoms with Gasteiger partial charge in [-0.05, 0) is 61.0 Å². The number of carbonyl (C=O) groups excluding carboxylic acids is 2. The molecule has 2 aromatic rings. The molecule has 0 spiro atoms. The third-order valence-electron chi connectivity index (χ3n) is 3.96. The zero-order valence-corrected chi connectivity index (χ0v) is 20.7. The lowest BCUT2D eigenvalue weighted by molar-refractivity contribution is -0.116. The van der Waals surface area contributed by atoms with Gasteiger partial charge in [0.25, 0.3) is 5.91 Å². The Morgan fingerprint density at radius 2 is 1.90 bits per heavy atom. The van der Waals surface area contributed by atoms with Gasteiger partial charge in [0.15, 0.2) is 5.11 Å². The Morgan fingerprint density at radius 1 is 1.16 bits per heavy atom. The molecule has 0 radical (unpaired) electrons. The van der Waals surface area contributed by atoms with E-state index in [-0.39, 0.29) is 11.0 Å². The minimum absolute atomic E-state index is 0.0683. The Hall–Kier alpha value is -2.16. The van der Waals surface area contributed by atoms with Crippen molar-refractivity contribution in [1.29, 1.82) is 0 Å². The van der Waals surface area contributed by atoms with E-state index in [1.165, 1.54) is 0 Å². The number of anilines is 2. The summed E-state index contributed by atoms with van der Waals surface area (Å²) < 4.78 is 6.50. The molecular formula is C22H25BrClN3O3S. The van der Waals surface area contributed by atoms with Crippen LogP contribution in [-0.2, 0) is 4.79 Å². The molecule has 0 aliphatic heterocycles. The maximum atomic E-state index is 12.8. The maximum absolute atomic E-state index is 12.8. The number of amides is 2. The molecule has 2 amide bonds. The summed E-state index contributed by atoms with van der Waals surface area (Å²) in [5.41, 5.74) is 1.40. The lowest BCUT2D eigenvalue weighted by Gasteiger charge is -2.15. The van der Waals surface area contributed by atoms with Crippen LogP contribution in [0.15, 0.2) is 40.9 Å². The van der Waals surface area contributed by atoms with Crippen LogP contribution in [0, 0.1) is 5.92 Å². The van der Waals surface area contributed by atoms with E-state index >= 15 is 0 Å². The van der Waals surface area contributed by atoms with Crippen molar-refractivity contribution in [2.24, 2.45) is 5.92 Å². The molecule has 0 aromatic heterocycles. The van der Waals surface area contributed by atoms with E-state index in [2.05, 4.69) is 31.9 Å². The fourth-order valence-corrected chi connectivity index (χ4v) is 3.26. The normalized spacial score (nSPS) is 10.5. The Bertz CT molecular complexity index is 969. The Morgan fingerprint density at radius 3 is 2.58 bits per heavy atom. The molecular weight excluding hydrogens is 502 g/mol. The van der Waals surface area contributed by atoms with Gasteiger partial charge < -0.3 is 15.4 Å². The van der Waals surface area contributed by atoms with E-state index < -0.39 is 5.91 Å². The quantitative estimate of drug-likeness (QED) is 0.368. The third kappa shape index (κ3) is 8.12. The first-order valence-electron chi connectivity index (χ1n) is 9.83. The van der Waals surface area contributed by atoms with Gasteiger partial charge >= 0.3 is 0 Å². The van der Waals surface area contributed by atoms with Crippen molar-refractivity contribution in [3.8, 4) is 5.75 Å². The number of carbonyl (C=O) groups is 2. The maximum Gasteiger partial charge on any atom is 0.261 e. The predicted octanol–water partition coefficient (Wildman–Crippen LogP) is 6.00. The van der Waals surface area contributed by atoms with Gasteiger partial charge in [0.1, 0.15) is 5.75 Å². The first kappa shape index (κ1) is 25.1. The summed E-state index contributed by atoms with van der Waals surface area (Å²) in [6.45, 7) is 6.47. The third-order valence-corrected chi connectivity index (χ3v) is 4.99. The van der Waals surface area contributed by atoms with Crippen LogP contribution in [-0.4, -0.2) is 23.5 Å². The van der Waals surface area contributed by atoms with Gasteiger partial charge in [-0.3, -0.25) is 14.9 Å². The van der Waals surface area contributed by atoms with Gasteiger partial charge in [-0.25, -0.2) is 0 Å². The number of thiocarbonyl (C=S) groups is 1. The fourth-order valence-electron chi connectivity index (χ4n) is 2.54. The first-order chi connectivity index (χ1) is 14.7. The van der Waals surface area contributed by atoms with Gasteiger partial charge in [0.2, 0.25) is 5.91 Å². The van der Waals surface area contributed by atoms with Crippen molar-refractivity contribution < 1.29 is 14.3 Å². The SMILES string of the molecule is CCCC(=O)Nc1ccc(Cl)c(NC(=S)NC(=O)c2cc(Br)ccc2OCC(C)C)c1. The van der Waals surface area contributed by atoms with Crippen LogP contribution < -0.4 is 20.7 Å². The lowest BCUT2D eigenvalue weighted by atomic mass is 10.2. The number of benzene rings is 2. The molecule has 3 N–H and O–H groups in total. The summed E-state index contributed by atoms with van der Waals surface area (Å²) in [6.07, 6.45) is 1.17. The van der Waals surface area contributed by atoms with Crippen molar-refractivity contribution in [2.45, 2.75) is 33.6 Å². The number of nitrogens with one attached hydrogen (secondary N) is 3. The summed E-state index contributed by atoms with van der Waals surface area (Å²) in [4.78, 5) is 24.6. The van der Waals surface area contributed by atoms with E-state index in [0.29, 0.717) is 46.7 Å². The van der Waals surface area contributed by atoms with Crippen molar-refractivity contribution in [3.63, 3.8) is 0 Å². The zero-order valence-electron chi connectivity index (χ0n) is 17.6. The van der Waals surface area contributed by atoms with E-state index in [9.17, 15) is 9.59 Å². The summed E-state index contributed by atoms with van der Waals surface area (Å²) in [5.74, 6) is 0.279. The Labute approximate surface area is 201 Å². The average Bonchev–Trinajstić information content (AvgIpc) is 2.69. The number of halogens is 2. The standard InChI is InChI=1S/C22H25BrClN3O3S/c1-4-5-20(28)25-15-7-8-17(24)18(11-15)26-22(31)27-21(29)16-10-14(23)6-9-19(16)30-12-13(2)3/h6-11,13H,4-5,12H2,1-3H3,(H,25,28)(H2,26,27,29,31). The van der Waals surface area contributed by atoms with Crippen LogP contribution in [0.25, 0.3) is 0 Å². The summed E-state index contributed by atoms with van der Waals surface area (Å²) >= 11 is 14.9. The van der Waals surface area contributed by atoms with Crippen LogP contribution in [0.2, 0.25) is 5.02 Å². The predicted molar refractivity (Wildman–Crippen MR) is 133 cm³/mol. The van der Waals surface area contributed by atoms with Gasteiger partial charge in [0.05, 0.1) is 22.9 Å². The minimum Gasteiger partial charge on any atom is -0.492 e. The molecule has 0 unspecified atom stereocenters. The molecule has 0 fully saturated rings. The van der Waals surface area contributed by atoms with Crippen LogP contribution >= 0.6 is 39.7 Å². The monoisotopic (exact) mass is 525 g/mol. The van der Waals surface area contributed by atoms with Crippen LogP contribution in [0.4, 0.5) is 11.4 Å². The van der Waals surface area contributed by atoms with Crippen LogP contribution in [0.1, 0.15) is 44.0 Å². The topological polar surface area (TPSA) is 79.5 Å². The Kier molecular flexibility index (Phi) is 9.74. The van der Waals surface area contributed by atoms with E-state index in [1.54, 1.807) is 36.4 Å². The highest BCUT2D eigenvalue weighted by atomic mass is 79.9. The molecule has 0 bridgehead atoms. The highest BCUT2D eigenvalue weighted by molar-refractivity contribution is 9.10. The molecule has 0 aliphatic rings. The molecule has 9 heteroatoms. The number of hydrogen-bond donors (Lipinski definition) is 3. The Balaban J connectivity index is 2.10. The molecule has 0 atom stereocenters. The largest absolute Gasteiger partial charge is 0.492 e. The van der Waals surface area contributed by atoms with Crippen molar-refractivity contribution in [3.05, 3.63) is 51.5 Å². The second kappa shape index (κ2) is 12.0. The molecule has 0 saturated carbocycles. The summed E-state index contributed by atoms with van der Waals surface area (Å²) in [7, 11) is 0. The molecule has 6 nitrogen and oxygen atoms in total. The molecule has 0 heterocycles. The number of hydrogen-bond acceptors (Lipinski definition) is 4. The van der Waals surface area contributed by atoms with E-state index in [0.717, 1.165) is 10.9 Å². The van der Waals surface area contributed by atoms with Crippen LogP contribution in [0.5, 0.6) is 5.75 Å². The van der Waals surface area contributed by atoms with Crippen molar-refractivity contribution in [2.75, 3.05) is 17.2 Å². The average molecular weight is 527 g/mol. The molecule has 0 saturated heterocycles. The number of ether oxygens (including phenoxy) is 1. The highest BCUT2D eigenvalue weighted by Gasteiger charge is 2.16. The molecule has 166 valence electrons. The van der Waals surface area contributed by atoms with Crippen LogP contribution in [0.3, 0.4) is 0 Å². The van der Waals surface area contributed by atoms with E-state index in [4.69, 9.17) is 28.6 Å². The zero-order chi connectivity index (χ0) is 23.0. The molecule has 2 aromatic carbocycles. The lowest BCUT2D eigenvalue weighted by Crippen LogP contribution is -2.34.